The third kappa shape index (κ3) is 2.60. The molecular weight excluding hydrogens is 180 g/mol. The molecule has 0 amide bonds. The van der Waals surface area contributed by atoms with Crippen LogP contribution in [-0.4, -0.2) is 0 Å². The number of allylic oxidation sites excluding steroid dienone is 1. The molecule has 70 valence electrons. The molecule has 0 unspecified atom stereocenters. The van der Waals surface area contributed by atoms with Gasteiger partial charge in [-0.2, -0.15) is 0 Å². The van der Waals surface area contributed by atoms with Crippen molar-refractivity contribution in [3.63, 3.8) is 0 Å². The zero-order valence-corrected chi connectivity index (χ0v) is 8.88. The van der Waals surface area contributed by atoms with Crippen molar-refractivity contribution >= 4 is 11.6 Å². The van der Waals surface area contributed by atoms with Gasteiger partial charge < -0.3 is 0 Å². The molecular formula is C12H15Cl. The van der Waals surface area contributed by atoms with E-state index in [-0.39, 0.29) is 0 Å². The van der Waals surface area contributed by atoms with E-state index in [4.69, 9.17) is 11.6 Å². The van der Waals surface area contributed by atoms with E-state index in [2.05, 4.69) is 32.6 Å². The van der Waals surface area contributed by atoms with Crippen molar-refractivity contribution in [1.29, 1.82) is 0 Å². The van der Waals surface area contributed by atoms with E-state index in [1.807, 2.05) is 18.2 Å². The van der Waals surface area contributed by atoms with Crippen LogP contribution in [0.3, 0.4) is 0 Å². The summed E-state index contributed by atoms with van der Waals surface area (Å²) in [4.78, 5) is 0. The van der Waals surface area contributed by atoms with Crippen molar-refractivity contribution in [1.82, 2.24) is 0 Å². The van der Waals surface area contributed by atoms with Crippen LogP contribution >= 0.6 is 11.6 Å². The van der Waals surface area contributed by atoms with Gasteiger partial charge in [-0.1, -0.05) is 43.7 Å². The van der Waals surface area contributed by atoms with Gasteiger partial charge in [0.1, 0.15) is 0 Å². The molecule has 0 nitrogen and oxygen atoms in total. The van der Waals surface area contributed by atoms with E-state index in [1.165, 1.54) is 5.56 Å². The highest BCUT2D eigenvalue weighted by Crippen LogP contribution is 2.26. The largest absolute Gasteiger partial charge is 0.102 e. The lowest BCUT2D eigenvalue weighted by Gasteiger charge is -2.16. The number of rotatable bonds is 3. The van der Waals surface area contributed by atoms with Crippen LogP contribution in [0.5, 0.6) is 0 Å². The van der Waals surface area contributed by atoms with Gasteiger partial charge >= 0.3 is 0 Å². The molecule has 0 fully saturated rings. The summed E-state index contributed by atoms with van der Waals surface area (Å²) in [6, 6.07) is 7.98. The molecule has 0 saturated heterocycles. The van der Waals surface area contributed by atoms with Crippen molar-refractivity contribution in [3.8, 4) is 0 Å². The minimum atomic E-state index is 0.428. The molecule has 0 saturated carbocycles. The van der Waals surface area contributed by atoms with Gasteiger partial charge in [-0.15, -0.1) is 6.58 Å². The smallest absolute Gasteiger partial charge is 0.0406 e. The zero-order chi connectivity index (χ0) is 9.84. The minimum absolute atomic E-state index is 0.428. The molecule has 0 spiro atoms. The van der Waals surface area contributed by atoms with E-state index in [0.717, 1.165) is 5.02 Å². The molecule has 1 atom stereocenters. The van der Waals surface area contributed by atoms with Gasteiger partial charge in [0, 0.05) is 10.9 Å². The van der Waals surface area contributed by atoms with Gasteiger partial charge in [-0.3, -0.25) is 0 Å². The maximum atomic E-state index is 5.81. The second kappa shape index (κ2) is 4.48. The highest BCUT2D eigenvalue weighted by Gasteiger charge is 2.10. The molecule has 0 radical (unpaired) electrons. The molecule has 0 aliphatic heterocycles. The van der Waals surface area contributed by atoms with Crippen molar-refractivity contribution in [2.24, 2.45) is 5.92 Å². The Bertz CT molecular complexity index is 272. The standard InChI is InChI=1S/C12H15Cl/c1-4-12(9(2)3)10-5-7-11(13)8-6-10/h4-9,12H,1H2,2-3H3/t12-/m1/s1. The number of hydrogen-bond acceptors (Lipinski definition) is 0. The Hall–Kier alpha value is -0.750. The van der Waals surface area contributed by atoms with E-state index >= 15 is 0 Å². The van der Waals surface area contributed by atoms with E-state index < -0.39 is 0 Å². The van der Waals surface area contributed by atoms with Crippen molar-refractivity contribution in [3.05, 3.63) is 47.5 Å². The van der Waals surface area contributed by atoms with Gasteiger partial charge in [0.05, 0.1) is 0 Å². The molecule has 1 aromatic carbocycles. The molecule has 0 N–H and O–H groups in total. The third-order valence-corrected chi connectivity index (χ3v) is 2.48. The van der Waals surface area contributed by atoms with Gasteiger partial charge in [-0.25, -0.2) is 0 Å². The molecule has 1 rings (SSSR count). The Morgan fingerprint density at radius 2 is 1.77 bits per heavy atom. The Kier molecular flexibility index (Phi) is 3.56. The van der Waals surface area contributed by atoms with Crippen molar-refractivity contribution < 1.29 is 0 Å². The molecule has 1 heteroatoms. The summed E-state index contributed by atoms with van der Waals surface area (Å²) in [5, 5.41) is 0.787. The van der Waals surface area contributed by atoms with Crippen LogP contribution in [0.1, 0.15) is 25.3 Å². The Labute approximate surface area is 85.2 Å². The van der Waals surface area contributed by atoms with Crippen LogP contribution in [0.25, 0.3) is 0 Å². The fraction of sp³-hybridized carbons (Fsp3) is 0.333. The molecule has 0 aromatic heterocycles. The highest BCUT2D eigenvalue weighted by molar-refractivity contribution is 6.30. The predicted molar refractivity (Wildman–Crippen MR) is 59.2 cm³/mol. The van der Waals surface area contributed by atoms with Gasteiger partial charge in [0.15, 0.2) is 0 Å². The molecule has 0 heterocycles. The quantitative estimate of drug-likeness (QED) is 0.631. The predicted octanol–water partition coefficient (Wildman–Crippen LogP) is 4.27. The Morgan fingerprint density at radius 1 is 1.23 bits per heavy atom. The normalized spacial score (nSPS) is 12.9. The minimum Gasteiger partial charge on any atom is -0.102 e. The second-order valence-electron chi connectivity index (χ2n) is 3.56. The maximum Gasteiger partial charge on any atom is 0.0406 e. The van der Waals surface area contributed by atoms with E-state index in [0.29, 0.717) is 11.8 Å². The monoisotopic (exact) mass is 194 g/mol. The maximum absolute atomic E-state index is 5.81. The van der Waals surface area contributed by atoms with Crippen LogP contribution in [0, 0.1) is 5.92 Å². The first kappa shape index (κ1) is 10.3. The van der Waals surface area contributed by atoms with E-state index in [9.17, 15) is 0 Å². The second-order valence-corrected chi connectivity index (χ2v) is 3.99. The lowest BCUT2D eigenvalue weighted by Crippen LogP contribution is -2.02. The number of hydrogen-bond donors (Lipinski definition) is 0. The van der Waals surface area contributed by atoms with Gasteiger partial charge in [0.2, 0.25) is 0 Å². The fourth-order valence-electron chi connectivity index (χ4n) is 1.48. The average molecular weight is 195 g/mol. The van der Waals surface area contributed by atoms with Crippen LogP contribution in [0.4, 0.5) is 0 Å². The summed E-state index contributed by atoms with van der Waals surface area (Å²) in [7, 11) is 0. The highest BCUT2D eigenvalue weighted by atomic mass is 35.5. The molecule has 13 heavy (non-hydrogen) atoms. The third-order valence-electron chi connectivity index (χ3n) is 2.23. The molecule has 0 bridgehead atoms. The average Bonchev–Trinajstić information content (AvgIpc) is 2.09. The Morgan fingerprint density at radius 3 is 2.15 bits per heavy atom. The molecule has 1 aromatic rings. The SMILES string of the molecule is C=C[C@@H](c1ccc(Cl)cc1)C(C)C. The molecule has 0 aliphatic carbocycles. The summed E-state index contributed by atoms with van der Waals surface area (Å²) in [6.45, 7) is 8.24. The van der Waals surface area contributed by atoms with Gasteiger partial charge in [0.25, 0.3) is 0 Å². The topological polar surface area (TPSA) is 0 Å². The van der Waals surface area contributed by atoms with Crippen molar-refractivity contribution in [2.75, 3.05) is 0 Å². The summed E-state index contributed by atoms with van der Waals surface area (Å²) in [5.74, 6) is 1.01. The summed E-state index contributed by atoms with van der Waals surface area (Å²) in [6.07, 6.45) is 1.99. The first-order valence-corrected chi connectivity index (χ1v) is 4.91. The number of benzene rings is 1. The first-order valence-electron chi connectivity index (χ1n) is 4.53. The molecule has 0 aliphatic rings. The lowest BCUT2D eigenvalue weighted by molar-refractivity contribution is 0.579. The zero-order valence-electron chi connectivity index (χ0n) is 8.13. The summed E-state index contributed by atoms with van der Waals surface area (Å²) < 4.78 is 0. The van der Waals surface area contributed by atoms with Gasteiger partial charge in [-0.05, 0) is 23.6 Å². The van der Waals surface area contributed by atoms with Crippen LogP contribution in [-0.2, 0) is 0 Å². The Balaban J connectivity index is 2.92. The fourth-order valence-corrected chi connectivity index (χ4v) is 1.60. The van der Waals surface area contributed by atoms with Crippen LogP contribution in [0.2, 0.25) is 5.02 Å². The van der Waals surface area contributed by atoms with Crippen molar-refractivity contribution in [2.45, 2.75) is 19.8 Å². The lowest BCUT2D eigenvalue weighted by atomic mass is 9.89. The summed E-state index contributed by atoms with van der Waals surface area (Å²) >= 11 is 5.81. The van der Waals surface area contributed by atoms with E-state index in [1.54, 1.807) is 0 Å². The van der Waals surface area contributed by atoms with Crippen LogP contribution < -0.4 is 0 Å². The van der Waals surface area contributed by atoms with Crippen LogP contribution in [0.15, 0.2) is 36.9 Å². The summed E-state index contributed by atoms with van der Waals surface area (Å²) in [5.41, 5.74) is 1.29. The first-order chi connectivity index (χ1) is 6.15. The number of halogens is 1.